The van der Waals surface area contributed by atoms with Gasteiger partial charge in [-0.25, -0.2) is 4.39 Å². The van der Waals surface area contributed by atoms with Crippen LogP contribution >= 0.6 is 0 Å². The van der Waals surface area contributed by atoms with Crippen LogP contribution in [0.1, 0.15) is 35.2 Å². The maximum atomic E-state index is 12.9. The lowest BCUT2D eigenvalue weighted by molar-refractivity contribution is -0.139. The van der Waals surface area contributed by atoms with Crippen molar-refractivity contribution in [1.82, 2.24) is 0 Å². The Morgan fingerprint density at radius 2 is 1.54 bits per heavy atom. The number of allylic oxidation sites excluding steroid dienone is 2. The van der Waals surface area contributed by atoms with Crippen molar-refractivity contribution in [2.45, 2.75) is 19.3 Å². The van der Waals surface area contributed by atoms with E-state index in [1.54, 1.807) is 24.3 Å². The fourth-order valence-electron chi connectivity index (χ4n) is 2.65. The minimum atomic E-state index is -0.383. The number of esters is 1. The van der Waals surface area contributed by atoms with Crippen LogP contribution in [-0.2, 0) is 4.79 Å². The number of rotatable bonds is 4. The number of ketones is 1. The maximum absolute atomic E-state index is 12.9. The summed E-state index contributed by atoms with van der Waals surface area (Å²) in [4.78, 5) is 24.4. The van der Waals surface area contributed by atoms with Crippen LogP contribution in [0.5, 0.6) is 5.75 Å². The lowest BCUT2D eigenvalue weighted by atomic mass is 9.95. The average Bonchev–Trinajstić information content (AvgIpc) is 2.63. The van der Waals surface area contributed by atoms with E-state index in [-0.39, 0.29) is 23.5 Å². The monoisotopic (exact) mass is 324 g/mol. The van der Waals surface area contributed by atoms with Gasteiger partial charge in [-0.1, -0.05) is 12.2 Å². The highest BCUT2D eigenvalue weighted by Crippen LogP contribution is 2.22. The Kier molecular flexibility index (Phi) is 4.85. The molecule has 0 bridgehead atoms. The molecule has 0 amide bonds. The van der Waals surface area contributed by atoms with Crippen LogP contribution in [0.3, 0.4) is 0 Å². The highest BCUT2D eigenvalue weighted by molar-refractivity contribution is 6.09. The van der Waals surface area contributed by atoms with Crippen molar-refractivity contribution in [1.29, 1.82) is 0 Å². The van der Waals surface area contributed by atoms with E-state index in [0.29, 0.717) is 23.3 Å². The predicted molar refractivity (Wildman–Crippen MR) is 88.4 cm³/mol. The molecule has 0 spiro atoms. The predicted octanol–water partition coefficient (Wildman–Crippen LogP) is 4.32. The summed E-state index contributed by atoms with van der Waals surface area (Å²) in [5.41, 5.74) is 0.872. The van der Waals surface area contributed by atoms with Gasteiger partial charge in [-0.05, 0) is 67.8 Å². The molecule has 3 nitrogen and oxygen atoms in total. The molecule has 2 aromatic carbocycles. The molecular weight excluding hydrogens is 307 g/mol. The molecule has 24 heavy (non-hydrogen) atoms. The number of ether oxygens (including phenoxy) is 1. The van der Waals surface area contributed by atoms with Crippen LogP contribution < -0.4 is 4.74 Å². The molecule has 2 aromatic rings. The number of hydrogen-bond acceptors (Lipinski definition) is 3. The maximum Gasteiger partial charge on any atom is 0.314 e. The first kappa shape index (κ1) is 16.1. The summed E-state index contributed by atoms with van der Waals surface area (Å²) in [6.07, 6.45) is 6.47. The van der Waals surface area contributed by atoms with Gasteiger partial charge in [0.15, 0.2) is 5.78 Å². The molecule has 0 unspecified atom stereocenters. The SMILES string of the molecule is O=C(c1ccc(F)cc1)c1ccc(OC(=O)[C@H]2CC=CCC2)cc1. The molecule has 4 heteroatoms. The summed E-state index contributed by atoms with van der Waals surface area (Å²) < 4.78 is 18.3. The van der Waals surface area contributed by atoms with Gasteiger partial charge in [0.2, 0.25) is 0 Å². The minimum Gasteiger partial charge on any atom is -0.426 e. The summed E-state index contributed by atoms with van der Waals surface area (Å²) in [6.45, 7) is 0. The van der Waals surface area contributed by atoms with E-state index in [0.717, 1.165) is 12.8 Å². The Bertz CT molecular complexity index is 760. The van der Waals surface area contributed by atoms with Crippen molar-refractivity contribution in [3.63, 3.8) is 0 Å². The van der Waals surface area contributed by atoms with Crippen LogP contribution in [0.2, 0.25) is 0 Å². The summed E-state index contributed by atoms with van der Waals surface area (Å²) in [6, 6.07) is 11.8. The van der Waals surface area contributed by atoms with Crippen molar-refractivity contribution in [3.05, 3.63) is 77.6 Å². The van der Waals surface area contributed by atoms with Crippen molar-refractivity contribution in [2.24, 2.45) is 5.92 Å². The van der Waals surface area contributed by atoms with Gasteiger partial charge in [0.25, 0.3) is 0 Å². The van der Waals surface area contributed by atoms with Gasteiger partial charge in [-0.3, -0.25) is 9.59 Å². The molecular formula is C20H17FO3. The Balaban J connectivity index is 1.66. The Morgan fingerprint density at radius 3 is 2.12 bits per heavy atom. The summed E-state index contributed by atoms with van der Waals surface area (Å²) >= 11 is 0. The van der Waals surface area contributed by atoms with Gasteiger partial charge in [0.1, 0.15) is 11.6 Å². The second-order valence-electron chi connectivity index (χ2n) is 5.76. The first-order valence-corrected chi connectivity index (χ1v) is 7.90. The van der Waals surface area contributed by atoms with Crippen LogP contribution in [-0.4, -0.2) is 11.8 Å². The summed E-state index contributed by atoms with van der Waals surface area (Å²) in [7, 11) is 0. The smallest absolute Gasteiger partial charge is 0.314 e. The summed E-state index contributed by atoms with van der Waals surface area (Å²) in [5, 5.41) is 0. The Morgan fingerprint density at radius 1 is 0.917 bits per heavy atom. The van der Waals surface area contributed by atoms with E-state index in [1.807, 2.05) is 6.08 Å². The van der Waals surface area contributed by atoms with E-state index in [9.17, 15) is 14.0 Å². The van der Waals surface area contributed by atoms with E-state index >= 15 is 0 Å². The zero-order valence-corrected chi connectivity index (χ0v) is 13.1. The molecule has 1 aliphatic rings. The average molecular weight is 324 g/mol. The largest absolute Gasteiger partial charge is 0.426 e. The highest BCUT2D eigenvalue weighted by Gasteiger charge is 2.20. The lowest BCUT2D eigenvalue weighted by Crippen LogP contribution is -2.21. The standard InChI is InChI=1S/C20H17FO3/c21-17-10-6-14(7-11-17)19(22)15-8-12-18(13-9-15)24-20(23)16-4-2-1-3-5-16/h1-2,6-13,16H,3-5H2/t16-/m0/s1. The number of benzene rings is 2. The normalized spacial score (nSPS) is 16.6. The second kappa shape index (κ2) is 7.21. The summed E-state index contributed by atoms with van der Waals surface area (Å²) in [5.74, 6) is -0.505. The molecule has 1 aliphatic carbocycles. The highest BCUT2D eigenvalue weighted by atomic mass is 19.1. The van der Waals surface area contributed by atoms with Crippen molar-refractivity contribution < 1.29 is 18.7 Å². The van der Waals surface area contributed by atoms with Crippen molar-refractivity contribution in [3.8, 4) is 5.75 Å². The fourth-order valence-corrected chi connectivity index (χ4v) is 2.65. The third-order valence-electron chi connectivity index (χ3n) is 4.04. The first-order valence-electron chi connectivity index (χ1n) is 7.90. The van der Waals surface area contributed by atoms with Crippen LogP contribution in [0, 0.1) is 11.7 Å². The second-order valence-corrected chi connectivity index (χ2v) is 5.76. The van der Waals surface area contributed by atoms with Gasteiger partial charge in [0.05, 0.1) is 5.92 Å². The molecule has 0 aromatic heterocycles. The molecule has 0 radical (unpaired) electrons. The molecule has 0 fully saturated rings. The van der Waals surface area contributed by atoms with E-state index in [1.165, 1.54) is 24.3 Å². The van der Waals surface area contributed by atoms with Crippen LogP contribution in [0.4, 0.5) is 4.39 Å². The zero-order chi connectivity index (χ0) is 16.9. The van der Waals surface area contributed by atoms with Crippen molar-refractivity contribution in [2.75, 3.05) is 0 Å². The molecule has 0 aliphatic heterocycles. The quantitative estimate of drug-likeness (QED) is 0.364. The minimum absolute atomic E-state index is 0.101. The third-order valence-corrected chi connectivity index (χ3v) is 4.04. The Hall–Kier alpha value is -2.75. The van der Waals surface area contributed by atoms with E-state index < -0.39 is 0 Å². The van der Waals surface area contributed by atoms with Gasteiger partial charge in [-0.15, -0.1) is 0 Å². The molecule has 0 saturated carbocycles. The van der Waals surface area contributed by atoms with Gasteiger partial charge in [0, 0.05) is 11.1 Å². The first-order chi connectivity index (χ1) is 11.6. The third kappa shape index (κ3) is 3.77. The van der Waals surface area contributed by atoms with Crippen molar-refractivity contribution >= 4 is 11.8 Å². The zero-order valence-electron chi connectivity index (χ0n) is 13.1. The van der Waals surface area contributed by atoms with Gasteiger partial charge < -0.3 is 4.74 Å². The number of carbonyl (C=O) groups excluding carboxylic acids is 2. The fraction of sp³-hybridized carbons (Fsp3) is 0.200. The van der Waals surface area contributed by atoms with E-state index in [4.69, 9.17) is 4.74 Å². The Labute approximate surface area is 139 Å². The molecule has 1 atom stereocenters. The number of carbonyl (C=O) groups is 2. The van der Waals surface area contributed by atoms with Crippen LogP contribution in [0.15, 0.2) is 60.7 Å². The topological polar surface area (TPSA) is 43.4 Å². The molecule has 0 saturated heterocycles. The lowest BCUT2D eigenvalue weighted by Gasteiger charge is -2.16. The molecule has 0 heterocycles. The number of halogens is 1. The van der Waals surface area contributed by atoms with Gasteiger partial charge in [-0.2, -0.15) is 0 Å². The van der Waals surface area contributed by atoms with Crippen LogP contribution in [0.25, 0.3) is 0 Å². The molecule has 3 rings (SSSR count). The number of hydrogen-bond donors (Lipinski definition) is 0. The van der Waals surface area contributed by atoms with Gasteiger partial charge >= 0.3 is 5.97 Å². The molecule has 0 N–H and O–H groups in total. The van der Waals surface area contributed by atoms with E-state index in [2.05, 4.69) is 6.08 Å². The molecule has 122 valence electrons.